The second-order valence-corrected chi connectivity index (χ2v) is 9.38. The van der Waals surface area contributed by atoms with E-state index in [9.17, 15) is 13.2 Å². The van der Waals surface area contributed by atoms with E-state index < -0.39 is 22.5 Å². The number of fused-ring (bicyclic) bond motifs is 1. The molecule has 1 aliphatic rings. The van der Waals surface area contributed by atoms with Crippen molar-refractivity contribution < 1.29 is 22.7 Å². The number of ether oxygens (including phenoxy) is 2. The summed E-state index contributed by atoms with van der Waals surface area (Å²) in [5, 5.41) is 3.96. The summed E-state index contributed by atoms with van der Waals surface area (Å²) >= 11 is 0. The molecular weight excluding hydrogens is 442 g/mol. The van der Waals surface area contributed by atoms with Crippen LogP contribution in [-0.2, 0) is 14.8 Å². The number of carbonyl (C=O) groups excluding carboxylic acids is 1. The Balaban J connectivity index is 1.54. The minimum absolute atomic E-state index is 0.105. The fraction of sp³-hybridized carbons (Fsp3) is 0.167. The zero-order valence-electron chi connectivity index (χ0n) is 18.2. The molecule has 1 N–H and O–H groups in total. The van der Waals surface area contributed by atoms with Gasteiger partial charge in [-0.1, -0.05) is 35.9 Å². The van der Waals surface area contributed by atoms with Crippen molar-refractivity contribution in [1.82, 2.24) is 5.43 Å². The molecule has 0 aliphatic carbocycles. The van der Waals surface area contributed by atoms with Crippen LogP contribution in [0.15, 0.2) is 76.7 Å². The summed E-state index contributed by atoms with van der Waals surface area (Å²) in [5.41, 5.74) is 5.19. The minimum atomic E-state index is -3.98. The highest BCUT2D eigenvalue weighted by molar-refractivity contribution is 7.92. The van der Waals surface area contributed by atoms with E-state index in [1.165, 1.54) is 18.3 Å². The molecule has 0 aromatic heterocycles. The maximum atomic E-state index is 13.4. The molecule has 0 fully saturated rings. The van der Waals surface area contributed by atoms with Crippen LogP contribution in [0.3, 0.4) is 0 Å². The molecule has 9 heteroatoms. The van der Waals surface area contributed by atoms with Gasteiger partial charge >= 0.3 is 0 Å². The van der Waals surface area contributed by atoms with Crippen LogP contribution in [-0.4, -0.2) is 33.9 Å². The largest absolute Gasteiger partial charge is 0.454 e. The standard InChI is InChI=1S/C24H23N3O5S/c1-17-7-10-20(11-8-17)33(29,30)27(21-6-4-3-5-18(21)2)15-24(28)26-25-14-19-9-12-22-23(13-19)32-16-31-22/h3-14H,15-16H2,1-2H3,(H,26,28)/b25-14-. The molecule has 0 spiro atoms. The van der Waals surface area contributed by atoms with E-state index in [0.29, 0.717) is 22.7 Å². The Bertz CT molecular complexity index is 1300. The van der Waals surface area contributed by atoms with Gasteiger partial charge in [0, 0.05) is 0 Å². The number of carbonyl (C=O) groups is 1. The lowest BCUT2D eigenvalue weighted by atomic mass is 10.2. The predicted molar refractivity (Wildman–Crippen MR) is 125 cm³/mol. The highest BCUT2D eigenvalue weighted by Gasteiger charge is 2.28. The average Bonchev–Trinajstić information content (AvgIpc) is 3.26. The van der Waals surface area contributed by atoms with Gasteiger partial charge in [-0.15, -0.1) is 0 Å². The Morgan fingerprint density at radius 1 is 1.03 bits per heavy atom. The van der Waals surface area contributed by atoms with Crippen LogP contribution in [0.1, 0.15) is 16.7 Å². The van der Waals surface area contributed by atoms with Crippen molar-refractivity contribution in [3.8, 4) is 11.5 Å². The second-order valence-electron chi connectivity index (χ2n) is 7.52. The Labute approximate surface area is 192 Å². The van der Waals surface area contributed by atoms with E-state index in [-0.39, 0.29) is 11.7 Å². The third-order valence-electron chi connectivity index (χ3n) is 5.08. The van der Waals surface area contributed by atoms with Crippen molar-refractivity contribution in [2.75, 3.05) is 17.6 Å². The third kappa shape index (κ3) is 4.98. The molecule has 3 aromatic carbocycles. The van der Waals surface area contributed by atoms with E-state index in [2.05, 4.69) is 10.5 Å². The number of hydrogen-bond donors (Lipinski definition) is 1. The topological polar surface area (TPSA) is 97.3 Å². The quantitative estimate of drug-likeness (QED) is 0.426. The number of nitrogens with one attached hydrogen (secondary N) is 1. The van der Waals surface area contributed by atoms with Gasteiger partial charge in [-0.25, -0.2) is 13.8 Å². The lowest BCUT2D eigenvalue weighted by molar-refractivity contribution is -0.119. The molecule has 0 saturated heterocycles. The van der Waals surface area contributed by atoms with Crippen LogP contribution >= 0.6 is 0 Å². The van der Waals surface area contributed by atoms with Gasteiger partial charge in [0.1, 0.15) is 6.54 Å². The monoisotopic (exact) mass is 465 g/mol. The Morgan fingerprint density at radius 2 is 1.76 bits per heavy atom. The second kappa shape index (κ2) is 9.33. The molecule has 8 nitrogen and oxygen atoms in total. The molecule has 0 atom stereocenters. The van der Waals surface area contributed by atoms with Gasteiger partial charge in [0.15, 0.2) is 11.5 Å². The van der Waals surface area contributed by atoms with E-state index in [1.807, 2.05) is 13.0 Å². The smallest absolute Gasteiger partial charge is 0.264 e. The molecule has 0 saturated carbocycles. The maximum absolute atomic E-state index is 13.4. The predicted octanol–water partition coefficient (Wildman–Crippen LogP) is 3.38. The van der Waals surface area contributed by atoms with Crippen molar-refractivity contribution in [3.63, 3.8) is 0 Å². The Morgan fingerprint density at radius 3 is 2.52 bits per heavy atom. The highest BCUT2D eigenvalue weighted by Crippen LogP contribution is 2.32. The summed E-state index contributed by atoms with van der Waals surface area (Å²) in [6.45, 7) is 3.40. The number of sulfonamides is 1. The zero-order chi connectivity index (χ0) is 23.4. The summed E-state index contributed by atoms with van der Waals surface area (Å²) < 4.78 is 38.5. The Kier molecular flexibility index (Phi) is 6.32. The van der Waals surface area contributed by atoms with Gasteiger partial charge in [-0.05, 0) is 61.4 Å². The third-order valence-corrected chi connectivity index (χ3v) is 6.85. The first-order valence-electron chi connectivity index (χ1n) is 10.2. The number of hydrazone groups is 1. The molecule has 0 radical (unpaired) electrons. The zero-order valence-corrected chi connectivity index (χ0v) is 19.0. The number of rotatable bonds is 7. The fourth-order valence-corrected chi connectivity index (χ4v) is 4.80. The highest BCUT2D eigenvalue weighted by atomic mass is 32.2. The van der Waals surface area contributed by atoms with Crippen LogP contribution in [0.25, 0.3) is 0 Å². The number of aryl methyl sites for hydroxylation is 2. The van der Waals surface area contributed by atoms with Gasteiger partial charge in [0.05, 0.1) is 16.8 Å². The van der Waals surface area contributed by atoms with Crippen LogP contribution < -0.4 is 19.2 Å². The summed E-state index contributed by atoms with van der Waals surface area (Å²) in [5.74, 6) is 0.664. The lowest BCUT2D eigenvalue weighted by Gasteiger charge is -2.25. The lowest BCUT2D eigenvalue weighted by Crippen LogP contribution is -2.40. The van der Waals surface area contributed by atoms with Crippen molar-refractivity contribution in [2.45, 2.75) is 18.7 Å². The first-order valence-corrected chi connectivity index (χ1v) is 11.7. The van der Waals surface area contributed by atoms with E-state index in [1.54, 1.807) is 55.5 Å². The van der Waals surface area contributed by atoms with Crippen LogP contribution in [0.5, 0.6) is 11.5 Å². The maximum Gasteiger partial charge on any atom is 0.264 e. The van der Waals surface area contributed by atoms with Crippen LogP contribution in [0, 0.1) is 13.8 Å². The summed E-state index contributed by atoms with van der Waals surface area (Å²) in [6.07, 6.45) is 1.45. The van der Waals surface area contributed by atoms with E-state index in [4.69, 9.17) is 9.47 Å². The molecular formula is C24H23N3O5S. The van der Waals surface area contributed by atoms with E-state index in [0.717, 1.165) is 15.4 Å². The summed E-state index contributed by atoms with van der Waals surface area (Å²) in [6, 6.07) is 18.8. The molecule has 4 rings (SSSR count). The fourth-order valence-electron chi connectivity index (χ4n) is 3.32. The number of amides is 1. The molecule has 0 bridgehead atoms. The van der Waals surface area contributed by atoms with Crippen LogP contribution in [0.2, 0.25) is 0 Å². The number of hydrogen-bond acceptors (Lipinski definition) is 6. The van der Waals surface area contributed by atoms with E-state index >= 15 is 0 Å². The number of para-hydroxylation sites is 1. The molecule has 170 valence electrons. The van der Waals surface area contributed by atoms with Crippen molar-refractivity contribution >= 4 is 27.8 Å². The first-order chi connectivity index (χ1) is 15.8. The van der Waals surface area contributed by atoms with Gasteiger partial charge in [-0.3, -0.25) is 9.10 Å². The van der Waals surface area contributed by atoms with Gasteiger partial charge < -0.3 is 9.47 Å². The average molecular weight is 466 g/mol. The Hall–Kier alpha value is -3.85. The summed E-state index contributed by atoms with van der Waals surface area (Å²) in [7, 11) is -3.98. The molecule has 1 aliphatic heterocycles. The van der Waals surface area contributed by atoms with Crippen LogP contribution in [0.4, 0.5) is 5.69 Å². The number of anilines is 1. The molecule has 3 aromatic rings. The van der Waals surface area contributed by atoms with Crippen molar-refractivity contribution in [3.05, 3.63) is 83.4 Å². The molecule has 1 heterocycles. The molecule has 1 amide bonds. The first kappa shape index (κ1) is 22.3. The minimum Gasteiger partial charge on any atom is -0.454 e. The number of benzene rings is 3. The molecule has 0 unspecified atom stereocenters. The van der Waals surface area contributed by atoms with Gasteiger partial charge in [0.25, 0.3) is 15.9 Å². The normalized spacial score (nSPS) is 12.7. The van der Waals surface area contributed by atoms with Gasteiger partial charge in [0.2, 0.25) is 6.79 Å². The summed E-state index contributed by atoms with van der Waals surface area (Å²) in [4.78, 5) is 12.8. The molecule has 33 heavy (non-hydrogen) atoms. The van der Waals surface area contributed by atoms with Crippen molar-refractivity contribution in [2.24, 2.45) is 5.10 Å². The SMILES string of the molecule is Cc1ccc(S(=O)(=O)N(CC(=O)N/N=C\c2ccc3c(c2)OCO3)c2ccccc2C)cc1. The number of nitrogens with zero attached hydrogens (tertiary/aromatic N) is 2. The van der Waals surface area contributed by atoms with Crippen molar-refractivity contribution in [1.29, 1.82) is 0 Å². The van der Waals surface area contributed by atoms with Gasteiger partial charge in [-0.2, -0.15) is 5.10 Å².